The summed E-state index contributed by atoms with van der Waals surface area (Å²) in [4.78, 5) is 4.63. The van der Waals surface area contributed by atoms with E-state index < -0.39 is 0 Å². The van der Waals surface area contributed by atoms with E-state index in [9.17, 15) is 0 Å². The molecule has 0 aromatic carbocycles. The molecule has 0 radical (unpaired) electrons. The third kappa shape index (κ3) is 4.01. The smallest absolute Gasteiger partial charge is 0.0701 e. The van der Waals surface area contributed by atoms with Crippen molar-refractivity contribution < 1.29 is 9.47 Å². The molecule has 1 aromatic heterocycles. The van der Waals surface area contributed by atoms with Gasteiger partial charge in [-0.1, -0.05) is 13.0 Å². The molecule has 1 N–H and O–H groups in total. The van der Waals surface area contributed by atoms with Crippen LogP contribution in [-0.2, 0) is 15.9 Å². The molecule has 0 spiro atoms. The number of rotatable bonds is 8. The molecule has 1 aliphatic carbocycles. The number of aromatic nitrogens is 1. The molecule has 0 saturated carbocycles. The Kier molecular flexibility index (Phi) is 6.43. The van der Waals surface area contributed by atoms with Crippen LogP contribution >= 0.6 is 0 Å². The minimum atomic E-state index is 0.339. The molecule has 2 atom stereocenters. The van der Waals surface area contributed by atoms with Gasteiger partial charge in [0.25, 0.3) is 0 Å². The third-order valence-corrected chi connectivity index (χ3v) is 3.92. The molecular weight excluding hydrogens is 252 g/mol. The van der Waals surface area contributed by atoms with Gasteiger partial charge in [0.05, 0.1) is 19.8 Å². The first-order chi connectivity index (χ1) is 9.86. The van der Waals surface area contributed by atoms with Gasteiger partial charge in [-0.15, -0.1) is 0 Å². The first kappa shape index (κ1) is 15.4. The molecule has 4 heteroatoms. The maximum Gasteiger partial charge on any atom is 0.0701 e. The summed E-state index contributed by atoms with van der Waals surface area (Å²) in [7, 11) is 1.70. The van der Waals surface area contributed by atoms with Crippen molar-refractivity contribution >= 4 is 0 Å². The van der Waals surface area contributed by atoms with Crippen LogP contribution in [0.25, 0.3) is 0 Å². The number of nitrogens with zero attached hydrogens (tertiary/aromatic N) is 1. The molecule has 2 rings (SSSR count). The van der Waals surface area contributed by atoms with Gasteiger partial charge in [0.2, 0.25) is 0 Å². The standard InChI is InChI=1S/C16H26N2O2/c1-3-17-15(12-20-11-10-19-2)14-8-4-6-13-7-5-9-18-16(13)14/h5,7,9,14-15,17H,3-4,6,8,10-12H2,1-2H3. The number of hydrogen-bond donors (Lipinski definition) is 1. The Morgan fingerprint density at radius 1 is 1.45 bits per heavy atom. The van der Waals surface area contributed by atoms with Crippen LogP contribution in [0, 0.1) is 0 Å². The summed E-state index contributed by atoms with van der Waals surface area (Å²) in [5, 5.41) is 3.56. The number of pyridine rings is 1. The Morgan fingerprint density at radius 2 is 2.35 bits per heavy atom. The van der Waals surface area contributed by atoms with Crippen LogP contribution in [0.1, 0.15) is 36.9 Å². The second kappa shape index (κ2) is 8.35. The minimum Gasteiger partial charge on any atom is -0.382 e. The molecule has 1 aromatic rings. The zero-order valence-electron chi connectivity index (χ0n) is 12.6. The fourth-order valence-electron chi connectivity index (χ4n) is 2.97. The van der Waals surface area contributed by atoms with Gasteiger partial charge in [0, 0.05) is 31.0 Å². The summed E-state index contributed by atoms with van der Waals surface area (Å²) in [5.41, 5.74) is 2.67. The minimum absolute atomic E-state index is 0.339. The fraction of sp³-hybridized carbons (Fsp3) is 0.688. The van der Waals surface area contributed by atoms with Crippen molar-refractivity contribution in [3.05, 3.63) is 29.6 Å². The molecule has 1 heterocycles. The monoisotopic (exact) mass is 278 g/mol. The molecule has 112 valence electrons. The number of aryl methyl sites for hydroxylation is 1. The van der Waals surface area contributed by atoms with Crippen LogP contribution in [0.4, 0.5) is 0 Å². The molecule has 0 saturated heterocycles. The Labute approximate surface area is 121 Å². The van der Waals surface area contributed by atoms with Crippen molar-refractivity contribution in [2.45, 2.75) is 38.1 Å². The van der Waals surface area contributed by atoms with Gasteiger partial charge in [0.1, 0.15) is 0 Å². The normalized spacial score (nSPS) is 19.6. The third-order valence-electron chi connectivity index (χ3n) is 3.92. The van der Waals surface area contributed by atoms with E-state index in [0.29, 0.717) is 25.2 Å². The van der Waals surface area contributed by atoms with E-state index in [4.69, 9.17) is 9.47 Å². The van der Waals surface area contributed by atoms with Crippen LogP contribution in [0.2, 0.25) is 0 Å². The molecule has 0 bridgehead atoms. The number of fused-ring (bicyclic) bond motifs is 1. The predicted octanol–water partition coefficient (Wildman–Crippen LogP) is 2.14. The Morgan fingerprint density at radius 3 is 3.15 bits per heavy atom. The van der Waals surface area contributed by atoms with Crippen molar-refractivity contribution in [1.29, 1.82) is 0 Å². The summed E-state index contributed by atoms with van der Waals surface area (Å²) in [6, 6.07) is 4.59. The number of likely N-dealkylation sites (N-methyl/N-ethyl adjacent to an activating group) is 1. The van der Waals surface area contributed by atoms with Crippen LogP contribution in [0.5, 0.6) is 0 Å². The first-order valence-electron chi connectivity index (χ1n) is 7.60. The fourth-order valence-corrected chi connectivity index (χ4v) is 2.97. The van der Waals surface area contributed by atoms with Gasteiger partial charge in [-0.2, -0.15) is 0 Å². The van der Waals surface area contributed by atoms with Crippen LogP contribution in [0.3, 0.4) is 0 Å². The Balaban J connectivity index is 2.02. The average molecular weight is 278 g/mol. The van der Waals surface area contributed by atoms with Gasteiger partial charge in [-0.3, -0.25) is 4.98 Å². The lowest BCUT2D eigenvalue weighted by Gasteiger charge is -2.31. The second-order valence-electron chi connectivity index (χ2n) is 5.28. The van der Waals surface area contributed by atoms with E-state index in [2.05, 4.69) is 23.3 Å². The van der Waals surface area contributed by atoms with Crippen LogP contribution < -0.4 is 5.32 Å². The quantitative estimate of drug-likeness (QED) is 0.740. The van der Waals surface area contributed by atoms with Gasteiger partial charge in [-0.25, -0.2) is 0 Å². The lowest BCUT2D eigenvalue weighted by molar-refractivity contribution is 0.0535. The molecule has 0 aliphatic heterocycles. The topological polar surface area (TPSA) is 43.4 Å². The highest BCUT2D eigenvalue weighted by Crippen LogP contribution is 2.32. The van der Waals surface area contributed by atoms with Crippen molar-refractivity contribution in [1.82, 2.24) is 10.3 Å². The zero-order valence-corrected chi connectivity index (χ0v) is 12.6. The van der Waals surface area contributed by atoms with E-state index in [1.807, 2.05) is 12.3 Å². The average Bonchev–Trinajstić information content (AvgIpc) is 2.50. The van der Waals surface area contributed by atoms with Crippen molar-refractivity contribution in [2.75, 3.05) is 33.5 Å². The zero-order chi connectivity index (χ0) is 14.2. The molecule has 0 amide bonds. The maximum atomic E-state index is 5.74. The maximum absolute atomic E-state index is 5.74. The van der Waals surface area contributed by atoms with Gasteiger partial charge in [-0.05, 0) is 37.4 Å². The molecule has 4 nitrogen and oxygen atoms in total. The van der Waals surface area contributed by atoms with E-state index in [1.54, 1.807) is 7.11 Å². The van der Waals surface area contributed by atoms with E-state index in [-0.39, 0.29) is 0 Å². The number of hydrogen-bond acceptors (Lipinski definition) is 4. The summed E-state index contributed by atoms with van der Waals surface area (Å²) in [6.07, 6.45) is 5.49. The van der Waals surface area contributed by atoms with E-state index in [0.717, 1.165) is 19.6 Å². The summed E-state index contributed by atoms with van der Waals surface area (Å²) < 4.78 is 10.8. The number of nitrogens with one attached hydrogen (secondary N) is 1. The molecule has 2 unspecified atom stereocenters. The largest absolute Gasteiger partial charge is 0.382 e. The lowest BCUT2D eigenvalue weighted by Crippen LogP contribution is -2.40. The highest BCUT2D eigenvalue weighted by Gasteiger charge is 2.28. The first-order valence-corrected chi connectivity index (χ1v) is 7.60. The summed E-state index contributed by atoms with van der Waals surface area (Å²) >= 11 is 0. The Bertz CT molecular complexity index is 398. The molecule has 0 fully saturated rings. The van der Waals surface area contributed by atoms with Crippen LogP contribution in [0.15, 0.2) is 18.3 Å². The van der Waals surface area contributed by atoms with E-state index in [1.165, 1.54) is 24.1 Å². The van der Waals surface area contributed by atoms with Gasteiger partial charge >= 0.3 is 0 Å². The number of ether oxygens (including phenoxy) is 2. The van der Waals surface area contributed by atoms with Crippen molar-refractivity contribution in [2.24, 2.45) is 0 Å². The van der Waals surface area contributed by atoms with Gasteiger partial charge in [0.15, 0.2) is 0 Å². The Hall–Kier alpha value is -0.970. The molecule has 1 aliphatic rings. The van der Waals surface area contributed by atoms with Crippen LogP contribution in [-0.4, -0.2) is 44.5 Å². The highest BCUT2D eigenvalue weighted by atomic mass is 16.5. The van der Waals surface area contributed by atoms with Crippen molar-refractivity contribution in [3.63, 3.8) is 0 Å². The summed E-state index contributed by atoms with van der Waals surface area (Å²) in [6.45, 7) is 5.12. The SMILES string of the molecule is CCNC(COCCOC)C1CCCc2cccnc21. The van der Waals surface area contributed by atoms with Crippen molar-refractivity contribution in [3.8, 4) is 0 Å². The number of methoxy groups -OCH3 is 1. The summed E-state index contributed by atoms with van der Waals surface area (Å²) in [5.74, 6) is 0.461. The molecule has 20 heavy (non-hydrogen) atoms. The highest BCUT2D eigenvalue weighted by molar-refractivity contribution is 5.27. The lowest BCUT2D eigenvalue weighted by atomic mass is 9.82. The second-order valence-corrected chi connectivity index (χ2v) is 5.28. The van der Waals surface area contributed by atoms with E-state index >= 15 is 0 Å². The molecular formula is C16H26N2O2. The van der Waals surface area contributed by atoms with Gasteiger partial charge < -0.3 is 14.8 Å². The predicted molar refractivity (Wildman–Crippen MR) is 80.1 cm³/mol.